The first-order valence-corrected chi connectivity index (χ1v) is 6.89. The molecule has 100 valence electrons. The van der Waals surface area contributed by atoms with Crippen LogP contribution >= 0.6 is 23.6 Å². The summed E-state index contributed by atoms with van der Waals surface area (Å²) in [6.45, 7) is 3.86. The summed E-state index contributed by atoms with van der Waals surface area (Å²) >= 11 is 6.08. The van der Waals surface area contributed by atoms with Crippen molar-refractivity contribution in [3.05, 3.63) is 40.4 Å². The van der Waals surface area contributed by atoms with Gasteiger partial charge in [0.15, 0.2) is 0 Å². The van der Waals surface area contributed by atoms with Crippen LogP contribution in [0, 0.1) is 11.6 Å². The fourth-order valence-electron chi connectivity index (χ4n) is 1.71. The molecule has 2 N–H and O–H groups in total. The van der Waals surface area contributed by atoms with Gasteiger partial charge in [-0.15, -0.1) is 11.3 Å². The van der Waals surface area contributed by atoms with Crippen LogP contribution in [-0.2, 0) is 0 Å². The Labute approximate surface area is 119 Å². The second kappa shape index (κ2) is 5.30. The third-order valence-electron chi connectivity index (χ3n) is 2.60. The molecule has 6 heteroatoms. The standard InChI is InChI=1S/C13H12F2N2S2/c1-6(2)10-11(12(16)18)19-13(17-10)9-7(14)4-3-5-8(9)15/h3-6H,1-2H3,(H2,16,18). The third kappa shape index (κ3) is 2.64. The number of nitrogens with two attached hydrogens (primary N) is 1. The second-order valence-corrected chi connectivity index (χ2v) is 5.79. The van der Waals surface area contributed by atoms with Gasteiger partial charge in [0, 0.05) is 0 Å². The number of aromatic nitrogens is 1. The van der Waals surface area contributed by atoms with Gasteiger partial charge in [0.25, 0.3) is 0 Å². The average molecular weight is 298 g/mol. The van der Waals surface area contributed by atoms with E-state index in [-0.39, 0.29) is 21.5 Å². The molecule has 1 aromatic carbocycles. The van der Waals surface area contributed by atoms with Gasteiger partial charge in [0.05, 0.1) is 16.1 Å². The third-order valence-corrected chi connectivity index (χ3v) is 4.06. The second-order valence-electron chi connectivity index (χ2n) is 4.35. The molecular weight excluding hydrogens is 286 g/mol. The largest absolute Gasteiger partial charge is 0.389 e. The van der Waals surface area contributed by atoms with Crippen molar-refractivity contribution < 1.29 is 8.78 Å². The predicted octanol–water partition coefficient (Wildman–Crippen LogP) is 3.85. The summed E-state index contributed by atoms with van der Waals surface area (Å²) < 4.78 is 27.5. The van der Waals surface area contributed by atoms with Crippen molar-refractivity contribution in [3.8, 4) is 10.6 Å². The van der Waals surface area contributed by atoms with Crippen LogP contribution in [0.1, 0.15) is 30.3 Å². The van der Waals surface area contributed by atoms with Crippen molar-refractivity contribution in [2.75, 3.05) is 0 Å². The van der Waals surface area contributed by atoms with Crippen molar-refractivity contribution >= 4 is 28.5 Å². The Kier molecular flexibility index (Phi) is 3.91. The van der Waals surface area contributed by atoms with Gasteiger partial charge in [-0.1, -0.05) is 32.1 Å². The van der Waals surface area contributed by atoms with E-state index in [2.05, 4.69) is 4.98 Å². The Morgan fingerprint density at radius 2 is 1.89 bits per heavy atom. The molecule has 0 unspecified atom stereocenters. The highest BCUT2D eigenvalue weighted by atomic mass is 32.1. The fraction of sp³-hybridized carbons (Fsp3) is 0.231. The highest BCUT2D eigenvalue weighted by Gasteiger charge is 2.21. The monoisotopic (exact) mass is 298 g/mol. The average Bonchev–Trinajstić information content (AvgIpc) is 2.73. The van der Waals surface area contributed by atoms with E-state index in [9.17, 15) is 8.78 Å². The van der Waals surface area contributed by atoms with Crippen molar-refractivity contribution in [3.63, 3.8) is 0 Å². The van der Waals surface area contributed by atoms with Crippen molar-refractivity contribution in [2.45, 2.75) is 19.8 Å². The maximum Gasteiger partial charge on any atom is 0.136 e. The maximum atomic E-state index is 13.7. The Hall–Kier alpha value is -1.40. The first-order valence-electron chi connectivity index (χ1n) is 5.66. The number of benzene rings is 1. The van der Waals surface area contributed by atoms with Crippen LogP contribution in [0.2, 0.25) is 0 Å². The zero-order valence-corrected chi connectivity index (χ0v) is 12.0. The van der Waals surface area contributed by atoms with Crippen LogP contribution in [-0.4, -0.2) is 9.97 Å². The highest BCUT2D eigenvalue weighted by molar-refractivity contribution is 7.81. The molecular formula is C13H12F2N2S2. The molecule has 0 aliphatic heterocycles. The van der Waals surface area contributed by atoms with E-state index in [1.807, 2.05) is 13.8 Å². The molecule has 1 heterocycles. The molecule has 0 saturated heterocycles. The van der Waals surface area contributed by atoms with Crippen LogP contribution in [0.3, 0.4) is 0 Å². The quantitative estimate of drug-likeness (QED) is 0.875. The highest BCUT2D eigenvalue weighted by Crippen LogP contribution is 2.34. The van der Waals surface area contributed by atoms with Crippen LogP contribution in [0.4, 0.5) is 8.78 Å². The maximum absolute atomic E-state index is 13.7. The normalized spacial score (nSPS) is 11.0. The Bertz CT molecular complexity index is 615. The summed E-state index contributed by atoms with van der Waals surface area (Å²) in [5.74, 6) is -1.20. The van der Waals surface area contributed by atoms with Gasteiger partial charge in [-0.05, 0) is 18.1 Å². The van der Waals surface area contributed by atoms with E-state index >= 15 is 0 Å². The first kappa shape index (κ1) is 14.0. The topological polar surface area (TPSA) is 38.9 Å². The molecule has 19 heavy (non-hydrogen) atoms. The van der Waals surface area contributed by atoms with E-state index in [1.165, 1.54) is 18.2 Å². The van der Waals surface area contributed by atoms with Crippen LogP contribution in [0.5, 0.6) is 0 Å². The lowest BCUT2D eigenvalue weighted by atomic mass is 10.1. The molecule has 2 rings (SSSR count). The number of halogens is 2. The number of thiocarbonyl (C=S) groups is 1. The Balaban J connectivity index is 2.64. The molecule has 0 aliphatic carbocycles. The Morgan fingerprint density at radius 1 is 1.32 bits per heavy atom. The summed E-state index contributed by atoms with van der Waals surface area (Å²) in [6, 6.07) is 3.73. The molecule has 1 aromatic heterocycles. The lowest BCUT2D eigenvalue weighted by molar-refractivity contribution is 0.589. The Morgan fingerprint density at radius 3 is 2.32 bits per heavy atom. The molecule has 0 saturated carbocycles. The summed E-state index contributed by atoms with van der Waals surface area (Å²) in [5, 5.41) is 0.266. The molecule has 0 fully saturated rings. The van der Waals surface area contributed by atoms with E-state index in [0.29, 0.717) is 10.6 Å². The molecule has 2 aromatic rings. The minimum Gasteiger partial charge on any atom is -0.389 e. The first-order chi connectivity index (χ1) is 8.91. The van der Waals surface area contributed by atoms with E-state index in [0.717, 1.165) is 11.3 Å². The van der Waals surface area contributed by atoms with Crippen LogP contribution in [0.15, 0.2) is 18.2 Å². The van der Waals surface area contributed by atoms with Gasteiger partial charge in [0.2, 0.25) is 0 Å². The van der Waals surface area contributed by atoms with E-state index < -0.39 is 11.6 Å². The number of rotatable bonds is 3. The molecule has 0 bridgehead atoms. The number of thiazole rings is 1. The summed E-state index contributed by atoms with van der Waals surface area (Å²) in [6.07, 6.45) is 0. The molecule has 0 spiro atoms. The summed E-state index contributed by atoms with van der Waals surface area (Å²) in [4.78, 5) is 5.11. The summed E-state index contributed by atoms with van der Waals surface area (Å²) in [7, 11) is 0. The SMILES string of the molecule is CC(C)c1nc(-c2c(F)cccc2F)sc1C(N)=S. The van der Waals surface area contributed by atoms with Crippen molar-refractivity contribution in [1.82, 2.24) is 4.98 Å². The molecule has 0 atom stereocenters. The molecule has 0 radical (unpaired) electrons. The zero-order valence-electron chi connectivity index (χ0n) is 10.4. The lowest BCUT2D eigenvalue weighted by Crippen LogP contribution is -2.10. The smallest absolute Gasteiger partial charge is 0.136 e. The fourth-order valence-corrected chi connectivity index (χ4v) is 3.06. The number of nitrogens with zero attached hydrogens (tertiary/aromatic N) is 1. The number of hydrogen-bond donors (Lipinski definition) is 1. The van der Waals surface area contributed by atoms with E-state index in [4.69, 9.17) is 18.0 Å². The van der Waals surface area contributed by atoms with Gasteiger partial charge in [-0.25, -0.2) is 13.8 Å². The van der Waals surface area contributed by atoms with Crippen LogP contribution in [0.25, 0.3) is 10.6 Å². The van der Waals surface area contributed by atoms with Crippen molar-refractivity contribution in [1.29, 1.82) is 0 Å². The minimum absolute atomic E-state index is 0.0799. The van der Waals surface area contributed by atoms with Gasteiger partial charge >= 0.3 is 0 Å². The molecule has 0 aliphatic rings. The van der Waals surface area contributed by atoms with Gasteiger partial charge < -0.3 is 5.73 Å². The number of hydrogen-bond acceptors (Lipinski definition) is 3. The minimum atomic E-state index is -0.640. The molecule has 0 amide bonds. The van der Waals surface area contributed by atoms with E-state index in [1.54, 1.807) is 0 Å². The summed E-state index contributed by atoms with van der Waals surface area (Å²) in [5.41, 5.74) is 6.18. The van der Waals surface area contributed by atoms with Crippen LogP contribution < -0.4 is 5.73 Å². The van der Waals surface area contributed by atoms with Gasteiger partial charge in [-0.2, -0.15) is 0 Å². The van der Waals surface area contributed by atoms with Gasteiger partial charge in [-0.3, -0.25) is 0 Å². The predicted molar refractivity (Wildman–Crippen MR) is 77.4 cm³/mol. The lowest BCUT2D eigenvalue weighted by Gasteiger charge is -2.02. The van der Waals surface area contributed by atoms with Gasteiger partial charge in [0.1, 0.15) is 21.6 Å². The molecule has 2 nitrogen and oxygen atoms in total. The zero-order chi connectivity index (χ0) is 14.2. The van der Waals surface area contributed by atoms with Crippen molar-refractivity contribution in [2.24, 2.45) is 5.73 Å².